The molecule has 2 aromatic carbocycles. The van der Waals surface area contributed by atoms with Gasteiger partial charge in [0.2, 0.25) is 0 Å². The van der Waals surface area contributed by atoms with E-state index in [0.717, 1.165) is 5.52 Å². The zero-order chi connectivity index (χ0) is 15.0. The molecule has 1 aromatic heterocycles. The van der Waals surface area contributed by atoms with Crippen LogP contribution in [0.25, 0.3) is 10.9 Å². The van der Waals surface area contributed by atoms with Crippen LogP contribution >= 0.6 is 0 Å². The molecule has 6 heteroatoms. The average molecular weight is 293 g/mol. The van der Waals surface area contributed by atoms with Crippen molar-refractivity contribution in [3.63, 3.8) is 0 Å². The summed E-state index contributed by atoms with van der Waals surface area (Å²) in [7, 11) is -2.00. The van der Waals surface area contributed by atoms with E-state index in [1.54, 1.807) is 67.3 Å². The number of aromatic nitrogens is 1. The third-order valence-electron chi connectivity index (χ3n) is 3.46. The van der Waals surface area contributed by atoms with Gasteiger partial charge in [0.25, 0.3) is 0 Å². The van der Waals surface area contributed by atoms with E-state index < -0.39 is 9.84 Å². The molecule has 1 heterocycles. The van der Waals surface area contributed by atoms with Gasteiger partial charge in [0.05, 0.1) is 0 Å². The zero-order valence-electron chi connectivity index (χ0n) is 11.8. The van der Waals surface area contributed by atoms with E-state index in [-0.39, 0.29) is 4.90 Å². The minimum absolute atomic E-state index is 0.289. The summed E-state index contributed by atoms with van der Waals surface area (Å²) < 4.78 is 31.6. The molecule has 0 fully saturated rings. The van der Waals surface area contributed by atoms with Crippen LogP contribution in [0.2, 0.25) is 0 Å². The topological polar surface area (TPSA) is 59.2 Å². The molecule has 0 unspecified atom stereocenters. The van der Waals surface area contributed by atoms with Gasteiger partial charge in [0.1, 0.15) is 0 Å². The molecule has 1 N–H and O–H groups in total. The number of rotatable bonds is 3. The van der Waals surface area contributed by atoms with Crippen LogP contribution in [0, 0.1) is 0 Å². The van der Waals surface area contributed by atoms with Gasteiger partial charge in [-0.1, -0.05) is 0 Å². The number of aromatic amines is 1. The summed E-state index contributed by atoms with van der Waals surface area (Å²) in [4.78, 5) is 3.72. The first kappa shape index (κ1) is 14.3. The number of fused-ring (bicyclic) bond motifs is 1. The predicted molar refractivity (Wildman–Crippen MR) is 82.1 cm³/mol. The quantitative estimate of drug-likeness (QED) is 0.749. The van der Waals surface area contributed by atoms with Crippen molar-refractivity contribution in [1.82, 2.24) is 4.98 Å². The van der Waals surface area contributed by atoms with Crippen LogP contribution in [-0.2, 0) is 9.84 Å². The molecule has 0 radical (unpaired) electrons. The molecule has 0 saturated heterocycles. The SMILES string of the molecule is [Li][c]1[nH]c2ccc(OC)cc2c1S(=O)(=O)c1ccccc1. The number of methoxy groups -OCH3 is 1. The Hall–Kier alpha value is -1.67. The summed E-state index contributed by atoms with van der Waals surface area (Å²) in [5.41, 5.74) is 0.780. The van der Waals surface area contributed by atoms with E-state index in [9.17, 15) is 8.42 Å². The van der Waals surface area contributed by atoms with Gasteiger partial charge >= 0.3 is 132 Å². The number of H-pyrrole nitrogens is 1. The van der Waals surface area contributed by atoms with E-state index in [1.807, 2.05) is 6.07 Å². The summed E-state index contributed by atoms with van der Waals surface area (Å²) in [6.45, 7) is 0. The second-order valence-corrected chi connectivity index (χ2v) is 6.69. The van der Waals surface area contributed by atoms with Crippen molar-refractivity contribution in [3.8, 4) is 5.75 Å². The Kier molecular flexibility index (Phi) is 3.58. The number of benzene rings is 2. The number of nitrogens with one attached hydrogen (secondary N) is 1. The molecule has 0 bridgehead atoms. The number of hydrogen-bond donors (Lipinski definition) is 1. The van der Waals surface area contributed by atoms with Crippen molar-refractivity contribution < 1.29 is 13.2 Å². The molecule has 0 atom stereocenters. The molecule has 0 spiro atoms. The van der Waals surface area contributed by atoms with Crippen LogP contribution in [0.15, 0.2) is 58.3 Å². The molecule has 4 nitrogen and oxygen atoms in total. The van der Waals surface area contributed by atoms with Crippen molar-refractivity contribution >= 4 is 42.8 Å². The van der Waals surface area contributed by atoms with Crippen LogP contribution in [0.1, 0.15) is 0 Å². The Morgan fingerprint density at radius 3 is 2.48 bits per heavy atom. The summed E-state index contributed by atoms with van der Waals surface area (Å²) >= 11 is 1.77. The maximum absolute atomic E-state index is 12.9. The summed E-state index contributed by atoms with van der Waals surface area (Å²) in [6, 6.07) is 13.8. The first-order valence-corrected chi connectivity index (χ1v) is 7.99. The van der Waals surface area contributed by atoms with Gasteiger partial charge in [-0.05, 0) is 0 Å². The third kappa shape index (κ3) is 2.38. The van der Waals surface area contributed by atoms with Gasteiger partial charge in [-0.3, -0.25) is 0 Å². The summed E-state index contributed by atoms with van der Waals surface area (Å²) in [5, 5.41) is 0.649. The van der Waals surface area contributed by atoms with E-state index in [4.69, 9.17) is 4.74 Å². The molecule has 0 aliphatic heterocycles. The fourth-order valence-electron chi connectivity index (χ4n) is 2.47. The van der Waals surface area contributed by atoms with Crippen molar-refractivity contribution in [2.45, 2.75) is 9.79 Å². The van der Waals surface area contributed by atoms with Crippen molar-refractivity contribution in [3.05, 3.63) is 48.5 Å². The monoisotopic (exact) mass is 293 g/mol. The number of ether oxygens (including phenoxy) is 1. The molecule has 0 saturated carbocycles. The van der Waals surface area contributed by atoms with Crippen LogP contribution < -0.4 is 9.10 Å². The van der Waals surface area contributed by atoms with E-state index in [1.165, 1.54) is 0 Å². The standard InChI is InChI=1S/C15H12NO3S.Li/c1-19-11-7-8-14-13(9-11)15(10-16-14)20(17,18)12-5-3-2-4-6-12;/h2-9,16H,1H3;. The molecule has 0 aliphatic carbocycles. The van der Waals surface area contributed by atoms with Gasteiger partial charge in [0, 0.05) is 0 Å². The summed E-state index contributed by atoms with van der Waals surface area (Å²) in [6.07, 6.45) is 0. The van der Waals surface area contributed by atoms with E-state index in [0.29, 0.717) is 20.4 Å². The second-order valence-electron chi connectivity index (χ2n) is 4.81. The Morgan fingerprint density at radius 1 is 1.10 bits per heavy atom. The molecular weight excluding hydrogens is 281 g/mol. The molecule has 3 rings (SSSR count). The van der Waals surface area contributed by atoms with Crippen LogP contribution in [0.5, 0.6) is 5.75 Å². The number of hydrogen-bond acceptors (Lipinski definition) is 3. The van der Waals surface area contributed by atoms with Crippen molar-refractivity contribution in [2.75, 3.05) is 7.11 Å². The molecular formula is C15H12LiNO3S. The second kappa shape index (κ2) is 5.27. The number of sulfone groups is 1. The van der Waals surface area contributed by atoms with Gasteiger partial charge in [-0.15, -0.1) is 0 Å². The van der Waals surface area contributed by atoms with Crippen LogP contribution in [-0.4, -0.2) is 38.2 Å². The maximum atomic E-state index is 12.9. The van der Waals surface area contributed by atoms with Crippen molar-refractivity contribution in [2.24, 2.45) is 0 Å². The Bertz CT molecular complexity index is 901. The minimum atomic E-state index is -3.56. The van der Waals surface area contributed by atoms with Crippen LogP contribution in [0.4, 0.5) is 0 Å². The Morgan fingerprint density at radius 2 is 1.81 bits per heavy atom. The molecule has 0 aliphatic rings. The predicted octanol–water partition coefficient (Wildman–Crippen LogP) is 1.80. The van der Waals surface area contributed by atoms with Gasteiger partial charge < -0.3 is 0 Å². The Labute approximate surface area is 132 Å². The molecule has 102 valence electrons. The first-order chi connectivity index (χ1) is 10.0. The van der Waals surface area contributed by atoms with Crippen LogP contribution in [0.3, 0.4) is 0 Å². The normalized spacial score (nSPS) is 11.8. The molecule has 21 heavy (non-hydrogen) atoms. The summed E-state index contributed by atoms with van der Waals surface area (Å²) in [5.74, 6) is 0.631. The Balaban J connectivity index is 2.32. The van der Waals surface area contributed by atoms with E-state index >= 15 is 0 Å². The fraction of sp³-hybridized carbons (Fsp3) is 0.0667. The van der Waals surface area contributed by atoms with Gasteiger partial charge in [-0.25, -0.2) is 0 Å². The van der Waals surface area contributed by atoms with E-state index in [2.05, 4.69) is 4.98 Å². The third-order valence-corrected chi connectivity index (χ3v) is 5.41. The first-order valence-electron chi connectivity index (χ1n) is 6.50. The van der Waals surface area contributed by atoms with Gasteiger partial charge in [-0.2, -0.15) is 0 Å². The molecule has 3 aromatic rings. The zero-order valence-corrected chi connectivity index (χ0v) is 12.6. The average Bonchev–Trinajstić information content (AvgIpc) is 2.83. The molecule has 0 amide bonds. The van der Waals surface area contributed by atoms with Gasteiger partial charge in [0.15, 0.2) is 0 Å². The van der Waals surface area contributed by atoms with Crippen molar-refractivity contribution in [1.29, 1.82) is 0 Å². The fourth-order valence-corrected chi connectivity index (χ4v) is 4.14.